The summed E-state index contributed by atoms with van der Waals surface area (Å²) in [5.41, 5.74) is 0.311. The number of hydrogen-bond donors (Lipinski definition) is 2. The topological polar surface area (TPSA) is 91.7 Å². The number of amides is 4. The number of nitrogens with zero attached hydrogens (tertiary/aromatic N) is 1. The number of benzene rings is 2. The maximum absolute atomic E-state index is 13.3. The summed E-state index contributed by atoms with van der Waals surface area (Å²) in [7, 11) is 0. The molecule has 4 rings (SSSR count). The normalized spacial score (nSPS) is 19.5. The standard InChI is InChI=1S/C24H25N3O4/c1-3-13-24(18-10-5-4-6-11-18)22(29)27(23(30)26-24)15-21(28)25-16(2)20-14-17-9-7-8-12-19(17)31-20/h4-12,14,16H,3,13,15H2,1-2H3,(H,25,28)(H,26,30)/t16-,24-/m1/s1. The highest BCUT2D eigenvalue weighted by molar-refractivity contribution is 6.09. The van der Waals surface area contributed by atoms with Crippen molar-refractivity contribution >= 4 is 28.8 Å². The summed E-state index contributed by atoms with van der Waals surface area (Å²) < 4.78 is 5.79. The molecular formula is C24H25N3O4. The van der Waals surface area contributed by atoms with Gasteiger partial charge in [0.25, 0.3) is 5.91 Å². The predicted octanol–water partition coefficient (Wildman–Crippen LogP) is 3.86. The molecule has 2 atom stereocenters. The molecule has 0 saturated carbocycles. The summed E-state index contributed by atoms with van der Waals surface area (Å²) in [4.78, 5) is 39.6. The Balaban J connectivity index is 1.48. The van der Waals surface area contributed by atoms with Crippen LogP contribution in [0.4, 0.5) is 4.79 Å². The van der Waals surface area contributed by atoms with Crippen molar-refractivity contribution in [3.8, 4) is 0 Å². The lowest BCUT2D eigenvalue weighted by atomic mass is 9.85. The summed E-state index contributed by atoms with van der Waals surface area (Å²) in [5, 5.41) is 6.59. The van der Waals surface area contributed by atoms with Gasteiger partial charge in [-0.15, -0.1) is 0 Å². The van der Waals surface area contributed by atoms with Crippen LogP contribution in [0, 0.1) is 0 Å². The Kier molecular flexibility index (Phi) is 5.50. The van der Waals surface area contributed by atoms with Gasteiger partial charge >= 0.3 is 6.03 Å². The molecule has 0 spiro atoms. The van der Waals surface area contributed by atoms with Gasteiger partial charge in [0.1, 0.15) is 23.4 Å². The van der Waals surface area contributed by atoms with Gasteiger partial charge in [0.15, 0.2) is 0 Å². The van der Waals surface area contributed by atoms with Crippen LogP contribution >= 0.6 is 0 Å². The van der Waals surface area contributed by atoms with Crippen LogP contribution in [0.2, 0.25) is 0 Å². The van der Waals surface area contributed by atoms with Crippen LogP contribution in [0.3, 0.4) is 0 Å². The molecule has 0 unspecified atom stereocenters. The van der Waals surface area contributed by atoms with Crippen molar-refractivity contribution in [3.63, 3.8) is 0 Å². The summed E-state index contributed by atoms with van der Waals surface area (Å²) in [6, 6.07) is 17.6. The fourth-order valence-electron chi connectivity index (χ4n) is 4.09. The zero-order valence-corrected chi connectivity index (χ0v) is 17.6. The smallest absolute Gasteiger partial charge is 0.325 e. The van der Waals surface area contributed by atoms with Gasteiger partial charge < -0.3 is 15.1 Å². The van der Waals surface area contributed by atoms with E-state index in [0.717, 1.165) is 15.9 Å². The van der Waals surface area contributed by atoms with E-state index in [4.69, 9.17) is 4.42 Å². The van der Waals surface area contributed by atoms with E-state index in [1.807, 2.05) is 67.6 Å². The van der Waals surface area contributed by atoms with Gasteiger partial charge in [0.05, 0.1) is 6.04 Å². The van der Waals surface area contributed by atoms with Gasteiger partial charge in [0, 0.05) is 5.39 Å². The van der Waals surface area contributed by atoms with Crippen LogP contribution in [0.5, 0.6) is 0 Å². The molecule has 1 aliphatic rings. The molecule has 0 radical (unpaired) electrons. The Morgan fingerprint density at radius 1 is 1.13 bits per heavy atom. The SMILES string of the molecule is CCC[C@]1(c2ccccc2)NC(=O)N(CC(=O)N[C@H](C)c2cc3ccccc3o2)C1=O. The Morgan fingerprint density at radius 3 is 2.55 bits per heavy atom. The van der Waals surface area contributed by atoms with Gasteiger partial charge in [-0.05, 0) is 31.0 Å². The second kappa shape index (κ2) is 8.26. The molecular weight excluding hydrogens is 394 g/mol. The van der Waals surface area contributed by atoms with Crippen molar-refractivity contribution in [2.45, 2.75) is 38.3 Å². The zero-order chi connectivity index (χ0) is 22.0. The van der Waals surface area contributed by atoms with Gasteiger partial charge in [0.2, 0.25) is 5.91 Å². The van der Waals surface area contributed by atoms with Crippen LogP contribution in [0.1, 0.15) is 44.1 Å². The molecule has 4 amide bonds. The lowest BCUT2D eigenvalue weighted by Crippen LogP contribution is -2.45. The third kappa shape index (κ3) is 3.79. The van der Waals surface area contributed by atoms with Gasteiger partial charge in [-0.3, -0.25) is 14.5 Å². The van der Waals surface area contributed by atoms with Gasteiger partial charge in [-0.25, -0.2) is 4.79 Å². The highest BCUT2D eigenvalue weighted by atomic mass is 16.3. The molecule has 7 nitrogen and oxygen atoms in total. The molecule has 1 aromatic heterocycles. The number of carbonyl (C=O) groups excluding carboxylic acids is 3. The van der Waals surface area contributed by atoms with Crippen molar-refractivity contribution in [2.24, 2.45) is 0 Å². The van der Waals surface area contributed by atoms with Crippen molar-refractivity contribution in [3.05, 3.63) is 72.0 Å². The minimum absolute atomic E-state index is 0.354. The Bertz CT molecular complexity index is 1090. The maximum atomic E-state index is 13.3. The number of furan rings is 1. The first kappa shape index (κ1) is 20.7. The number of para-hydroxylation sites is 1. The molecule has 160 valence electrons. The monoisotopic (exact) mass is 419 g/mol. The largest absolute Gasteiger partial charge is 0.459 e. The third-order valence-corrected chi connectivity index (χ3v) is 5.62. The minimum Gasteiger partial charge on any atom is -0.459 e. The number of nitrogens with one attached hydrogen (secondary N) is 2. The average molecular weight is 419 g/mol. The Labute approximate surface area is 180 Å². The zero-order valence-electron chi connectivity index (χ0n) is 17.6. The molecule has 31 heavy (non-hydrogen) atoms. The first-order chi connectivity index (χ1) is 14.9. The number of urea groups is 1. The number of fused-ring (bicyclic) bond motifs is 1. The fraction of sp³-hybridized carbons (Fsp3) is 0.292. The van der Waals surface area contributed by atoms with Crippen molar-refractivity contribution in [1.29, 1.82) is 0 Å². The molecule has 2 heterocycles. The van der Waals surface area contributed by atoms with Crippen LogP contribution < -0.4 is 10.6 Å². The predicted molar refractivity (Wildman–Crippen MR) is 116 cm³/mol. The third-order valence-electron chi connectivity index (χ3n) is 5.62. The van der Waals surface area contributed by atoms with Crippen LogP contribution in [-0.2, 0) is 15.1 Å². The molecule has 1 saturated heterocycles. The van der Waals surface area contributed by atoms with Crippen LogP contribution in [-0.4, -0.2) is 29.3 Å². The van der Waals surface area contributed by atoms with E-state index in [-0.39, 0.29) is 6.54 Å². The molecule has 1 fully saturated rings. The highest BCUT2D eigenvalue weighted by Gasteiger charge is 2.52. The van der Waals surface area contributed by atoms with E-state index in [0.29, 0.717) is 24.2 Å². The summed E-state index contributed by atoms with van der Waals surface area (Å²) >= 11 is 0. The Hall–Kier alpha value is -3.61. The van der Waals surface area contributed by atoms with Gasteiger partial charge in [-0.2, -0.15) is 0 Å². The first-order valence-electron chi connectivity index (χ1n) is 10.4. The van der Waals surface area contributed by atoms with E-state index in [9.17, 15) is 14.4 Å². The number of imide groups is 1. The van der Waals surface area contributed by atoms with Crippen LogP contribution in [0.15, 0.2) is 65.1 Å². The van der Waals surface area contributed by atoms with Crippen LogP contribution in [0.25, 0.3) is 11.0 Å². The first-order valence-corrected chi connectivity index (χ1v) is 10.4. The average Bonchev–Trinajstić information content (AvgIpc) is 3.30. The van der Waals surface area contributed by atoms with E-state index in [1.54, 1.807) is 6.92 Å². The molecule has 2 N–H and O–H groups in total. The summed E-state index contributed by atoms with van der Waals surface area (Å²) in [6.07, 6.45) is 1.15. The fourth-order valence-corrected chi connectivity index (χ4v) is 4.09. The molecule has 0 aliphatic carbocycles. The summed E-state index contributed by atoms with van der Waals surface area (Å²) in [5.74, 6) is -0.231. The van der Waals surface area contributed by atoms with Crippen molar-refractivity contribution in [1.82, 2.24) is 15.5 Å². The molecule has 0 bridgehead atoms. The lowest BCUT2D eigenvalue weighted by molar-refractivity contribution is -0.135. The maximum Gasteiger partial charge on any atom is 0.325 e. The van der Waals surface area contributed by atoms with Crippen molar-refractivity contribution in [2.75, 3.05) is 6.54 Å². The lowest BCUT2D eigenvalue weighted by Gasteiger charge is -2.27. The van der Waals surface area contributed by atoms with Gasteiger partial charge in [-0.1, -0.05) is 61.9 Å². The Morgan fingerprint density at radius 2 is 1.84 bits per heavy atom. The van der Waals surface area contributed by atoms with E-state index >= 15 is 0 Å². The van der Waals surface area contributed by atoms with E-state index < -0.39 is 29.4 Å². The second-order valence-corrected chi connectivity index (χ2v) is 7.82. The second-order valence-electron chi connectivity index (χ2n) is 7.82. The molecule has 1 aliphatic heterocycles. The number of hydrogen-bond acceptors (Lipinski definition) is 4. The molecule has 2 aromatic carbocycles. The molecule has 3 aromatic rings. The molecule has 7 heteroatoms. The minimum atomic E-state index is -1.14. The summed E-state index contributed by atoms with van der Waals surface area (Å²) in [6.45, 7) is 3.40. The number of rotatable bonds is 7. The van der Waals surface area contributed by atoms with E-state index in [2.05, 4.69) is 10.6 Å². The highest BCUT2D eigenvalue weighted by Crippen LogP contribution is 2.33. The van der Waals surface area contributed by atoms with E-state index in [1.165, 1.54) is 0 Å². The van der Waals surface area contributed by atoms with Crippen molar-refractivity contribution < 1.29 is 18.8 Å². The quantitative estimate of drug-likeness (QED) is 0.569. The number of carbonyl (C=O) groups is 3.